The van der Waals surface area contributed by atoms with Crippen LogP contribution in [-0.4, -0.2) is 26.9 Å². The average molecular weight is 1510 g/mol. The van der Waals surface area contributed by atoms with Crippen LogP contribution < -0.4 is 65.6 Å². The minimum absolute atomic E-state index is 0.308. The molecule has 0 bridgehead atoms. The maximum absolute atomic E-state index is 2.41. The predicted molar refractivity (Wildman–Crippen MR) is 474 cm³/mol. The highest BCUT2D eigenvalue weighted by Crippen LogP contribution is 2.48. The molecule has 108 heavy (non-hydrogen) atoms. The van der Waals surface area contributed by atoms with Crippen LogP contribution in [0.4, 0.5) is 0 Å². The van der Waals surface area contributed by atoms with Crippen molar-refractivity contribution in [1.29, 1.82) is 0 Å². The average Bonchev–Trinajstić information content (AvgIpc) is 0.713. The molecule has 8 aliphatic heterocycles. The second kappa shape index (κ2) is 26.1. The molecule has 18 aromatic rings. The van der Waals surface area contributed by atoms with E-state index < -0.39 is 0 Å². The van der Waals surface area contributed by atoms with Crippen molar-refractivity contribution in [2.75, 3.05) is 0 Å². The first-order chi connectivity index (χ1) is 53.6. The standard InChI is InChI=1S/2C26H15BS2.2C22H13BS2/c1-3-9-18-16(7-1)13-14-21-25(18)29-23-15-17-8-2-4-10-19(17)26-24(23)27(21)20-11-5-6-12-22(20)28-26;1-3-9-18-16(7-1)13-14-21-25(18)29-26-19-10-4-2-8-17(19)15-23-24(26)27(21)20-11-5-6-12-22(20)28-23;1-2-8-15-14(7-1)13-20-21-22(15)25-19-12-6-4-10-17(19)23(21)16-9-3-5-11-18(16)24-20;1-2-7-15-14(6-1)12-13-17-22(15)25-20-11-5-10-19-21(20)23(17)16-8-3-4-9-18(16)24-19/h2*1-15H;2*1-13H. The summed E-state index contributed by atoms with van der Waals surface area (Å²) in [5, 5.41) is 16.2. The van der Waals surface area contributed by atoms with Gasteiger partial charge >= 0.3 is 0 Å². The van der Waals surface area contributed by atoms with Crippen LogP contribution in [-0.2, 0) is 0 Å². The molecule has 0 saturated carbocycles. The van der Waals surface area contributed by atoms with Gasteiger partial charge in [-0.3, -0.25) is 0 Å². The Morgan fingerprint density at radius 3 is 0.750 bits per heavy atom. The van der Waals surface area contributed by atoms with Crippen molar-refractivity contribution in [2.24, 2.45) is 0 Å². The lowest BCUT2D eigenvalue weighted by Crippen LogP contribution is -2.58. The van der Waals surface area contributed by atoms with E-state index in [2.05, 4.69) is 340 Å². The zero-order valence-corrected chi connectivity index (χ0v) is 64.4. The van der Waals surface area contributed by atoms with Gasteiger partial charge in [0.2, 0.25) is 26.9 Å². The van der Waals surface area contributed by atoms with E-state index in [0.717, 1.165) is 0 Å². The molecule has 8 aliphatic rings. The summed E-state index contributed by atoms with van der Waals surface area (Å²) in [4.78, 5) is 22.6. The molecule has 0 radical (unpaired) electrons. The van der Waals surface area contributed by atoms with E-state index in [-0.39, 0.29) is 0 Å². The van der Waals surface area contributed by atoms with Crippen LogP contribution in [0.1, 0.15) is 0 Å². The third-order valence-corrected chi connectivity index (χ3v) is 32.4. The normalized spacial score (nSPS) is 13.9. The molecule has 0 unspecified atom stereocenters. The summed E-state index contributed by atoms with van der Waals surface area (Å²) in [5.74, 6) is 0. The second-order valence-electron chi connectivity index (χ2n) is 28.5. The molecule has 0 aromatic heterocycles. The maximum atomic E-state index is 2.41. The van der Waals surface area contributed by atoms with E-state index in [4.69, 9.17) is 0 Å². The van der Waals surface area contributed by atoms with E-state index >= 15 is 0 Å². The van der Waals surface area contributed by atoms with Crippen molar-refractivity contribution in [3.8, 4) is 0 Å². The molecule has 26 rings (SSSR count). The molecular weight excluding hydrogens is 1450 g/mol. The van der Waals surface area contributed by atoms with Gasteiger partial charge in [-0.15, -0.1) is 0 Å². The van der Waals surface area contributed by atoms with Crippen LogP contribution in [0.3, 0.4) is 0 Å². The van der Waals surface area contributed by atoms with Crippen LogP contribution in [0.25, 0.3) is 64.6 Å². The van der Waals surface area contributed by atoms with Gasteiger partial charge < -0.3 is 0 Å². The molecule has 0 nitrogen and oxygen atoms in total. The van der Waals surface area contributed by atoms with Gasteiger partial charge in [0.15, 0.2) is 0 Å². The molecule has 0 N–H and O–H groups in total. The number of fused-ring (bicyclic) bond motifs is 28. The van der Waals surface area contributed by atoms with Gasteiger partial charge in [-0.25, -0.2) is 0 Å². The van der Waals surface area contributed by atoms with Gasteiger partial charge in [0, 0.05) is 78.3 Å². The first-order valence-electron chi connectivity index (χ1n) is 36.8. The zero-order valence-electron chi connectivity index (χ0n) is 57.9. The van der Waals surface area contributed by atoms with Crippen LogP contribution >= 0.6 is 94.1 Å². The van der Waals surface area contributed by atoms with Crippen LogP contribution in [0, 0.1) is 0 Å². The minimum Gasteiger partial charge on any atom is -0.0911 e. The maximum Gasteiger partial charge on any atom is 0.247 e. The Bertz CT molecular complexity index is 6860. The second-order valence-corrected chi connectivity index (χ2v) is 37.0. The topological polar surface area (TPSA) is 0 Å². The van der Waals surface area contributed by atoms with Gasteiger partial charge in [-0.1, -0.05) is 417 Å². The van der Waals surface area contributed by atoms with E-state index in [1.807, 2.05) is 94.1 Å². The Labute approximate surface area is 662 Å². The molecule has 18 aromatic carbocycles. The summed E-state index contributed by atoms with van der Waals surface area (Å²) in [5.41, 5.74) is 17.6. The molecular formula is C96H56B4S8. The summed E-state index contributed by atoms with van der Waals surface area (Å²) < 4.78 is 0. The van der Waals surface area contributed by atoms with Gasteiger partial charge in [-0.05, 0) is 147 Å². The van der Waals surface area contributed by atoms with Crippen molar-refractivity contribution in [1.82, 2.24) is 0 Å². The number of benzene rings is 18. The SMILES string of the molecule is c1ccc2c(c1)Sc1c3c(cc4ccccc14)Sc1c(ccc4ccccc14)B23.c1ccc2c(c1)Sc1cc3ccccc3c3c1B2c1ccc2ccccc2c1S3.c1ccc2c(c1)Sc1cc3ccccc3c3c1B2c1ccccc1S3.c1ccc2c(c1)Sc1cccc3c1B2c1ccc2ccccc2c1S3. The van der Waals surface area contributed by atoms with E-state index in [0.29, 0.717) is 26.9 Å². The fourth-order valence-corrected chi connectivity index (χ4v) is 28.5. The number of hydrogen-bond donors (Lipinski definition) is 0. The third kappa shape index (κ3) is 10.3. The Morgan fingerprint density at radius 2 is 0.370 bits per heavy atom. The molecule has 12 heteroatoms. The molecule has 0 aliphatic carbocycles. The van der Waals surface area contributed by atoms with Crippen molar-refractivity contribution >= 4 is 251 Å². The summed E-state index contributed by atoms with van der Waals surface area (Å²) >= 11 is 15.5. The Morgan fingerprint density at radius 1 is 0.139 bits per heavy atom. The van der Waals surface area contributed by atoms with Crippen molar-refractivity contribution < 1.29 is 0 Å². The molecule has 0 fully saturated rings. The molecule has 8 heterocycles. The van der Waals surface area contributed by atoms with Gasteiger partial charge in [-0.2, -0.15) is 0 Å². The van der Waals surface area contributed by atoms with E-state index in [1.165, 1.54) is 209 Å². The highest BCUT2D eigenvalue weighted by atomic mass is 32.2. The molecule has 0 saturated heterocycles. The predicted octanol–water partition coefficient (Wildman–Crippen LogP) is 19.4. The fraction of sp³-hybridized carbons (Fsp3) is 0. The van der Waals surface area contributed by atoms with Crippen molar-refractivity contribution in [3.05, 3.63) is 340 Å². The van der Waals surface area contributed by atoms with Crippen LogP contribution in [0.2, 0.25) is 0 Å². The zero-order chi connectivity index (χ0) is 70.7. The largest absolute Gasteiger partial charge is 0.247 e. The van der Waals surface area contributed by atoms with Crippen LogP contribution in [0.15, 0.2) is 418 Å². The first kappa shape index (κ1) is 64.6. The quantitative estimate of drug-likeness (QED) is 0.136. The molecule has 0 atom stereocenters. The lowest BCUT2D eigenvalue weighted by molar-refractivity contribution is 1.34. The Balaban J connectivity index is 0.0000000872. The minimum atomic E-state index is 0.308. The summed E-state index contributed by atoms with van der Waals surface area (Å²) in [6.07, 6.45) is 0. The van der Waals surface area contributed by atoms with E-state index in [9.17, 15) is 0 Å². The Hall–Kier alpha value is -9.42. The van der Waals surface area contributed by atoms with Gasteiger partial charge in [0.25, 0.3) is 0 Å². The van der Waals surface area contributed by atoms with Gasteiger partial charge in [0.1, 0.15) is 0 Å². The molecule has 0 amide bonds. The third-order valence-electron chi connectivity index (χ3n) is 22.7. The monoisotopic (exact) mass is 1510 g/mol. The molecule has 0 spiro atoms. The highest BCUT2D eigenvalue weighted by molar-refractivity contribution is 8.03. The summed E-state index contributed by atoms with van der Waals surface area (Å²) in [7, 11) is 0. The highest BCUT2D eigenvalue weighted by Gasteiger charge is 2.44. The number of hydrogen-bond acceptors (Lipinski definition) is 8. The lowest BCUT2D eigenvalue weighted by atomic mass is 9.36. The molecule has 500 valence electrons. The summed E-state index contributed by atoms with van der Waals surface area (Å²) in [6.45, 7) is 1.32. The Kier molecular flexibility index (Phi) is 15.6. The lowest BCUT2D eigenvalue weighted by Gasteiger charge is -2.34. The smallest absolute Gasteiger partial charge is 0.0911 e. The first-order valence-corrected chi connectivity index (χ1v) is 43.3. The van der Waals surface area contributed by atoms with Crippen molar-refractivity contribution in [2.45, 2.75) is 78.3 Å². The number of rotatable bonds is 0. The van der Waals surface area contributed by atoms with Crippen LogP contribution in [0.5, 0.6) is 0 Å². The van der Waals surface area contributed by atoms with E-state index in [1.54, 1.807) is 0 Å². The fourth-order valence-electron chi connectivity index (χ4n) is 18.0. The van der Waals surface area contributed by atoms with Gasteiger partial charge in [0.05, 0.1) is 0 Å². The summed E-state index contributed by atoms with van der Waals surface area (Å²) in [6, 6.07) is 125. The van der Waals surface area contributed by atoms with Crippen molar-refractivity contribution in [3.63, 3.8) is 0 Å².